The molecule has 0 saturated heterocycles. The van der Waals surface area contributed by atoms with Gasteiger partial charge in [0.1, 0.15) is 5.52 Å². The number of nitrogens with zero attached hydrogens (tertiary/aromatic N) is 5. The summed E-state index contributed by atoms with van der Waals surface area (Å²) in [4.78, 5) is 20.2. The Morgan fingerprint density at radius 1 is 0.455 bits per heavy atom. The summed E-state index contributed by atoms with van der Waals surface area (Å²) in [6.07, 6.45) is 0. The molecule has 0 spiro atoms. The van der Waals surface area contributed by atoms with Crippen molar-refractivity contribution in [3.05, 3.63) is 175 Å². The first-order valence-corrected chi connectivity index (χ1v) is 18.6. The molecule has 0 radical (unpaired) electrons. The minimum atomic E-state index is -0.234. The lowest BCUT2D eigenvalue weighted by Crippen LogP contribution is -2.15. The number of fused-ring (bicyclic) bond motifs is 7. The van der Waals surface area contributed by atoms with Gasteiger partial charge in [-0.15, -0.1) is 0 Å². The summed E-state index contributed by atoms with van der Waals surface area (Å²) in [5, 5.41) is 2.32. The van der Waals surface area contributed by atoms with E-state index in [2.05, 4.69) is 122 Å². The molecule has 55 heavy (non-hydrogen) atoms. The smallest absolute Gasteiger partial charge is 0.238 e. The van der Waals surface area contributed by atoms with Crippen LogP contribution in [0.15, 0.2) is 168 Å². The molecule has 6 nitrogen and oxygen atoms in total. The van der Waals surface area contributed by atoms with Crippen molar-refractivity contribution in [2.24, 2.45) is 0 Å². The summed E-state index contributed by atoms with van der Waals surface area (Å²) in [6.45, 7) is 4.59. The van der Waals surface area contributed by atoms with Gasteiger partial charge in [-0.2, -0.15) is 9.97 Å². The third-order valence-corrected chi connectivity index (χ3v) is 11.1. The minimum absolute atomic E-state index is 0.234. The fraction of sp³-hybridized carbons (Fsp3) is 0.0612. The molecule has 1 aliphatic carbocycles. The van der Waals surface area contributed by atoms with Crippen molar-refractivity contribution in [1.29, 1.82) is 0 Å². The van der Waals surface area contributed by atoms with Crippen molar-refractivity contribution in [1.82, 2.24) is 24.5 Å². The SMILES string of the molecule is CC1(C)c2cc(-c3cccc(-c4nc(-c5ccccc5)nc(-n5c6ccccc6c6ccccc65)n4)c3)ccc2-c2cc3nc(-c4ccccc4)oc3cc21. The fourth-order valence-electron chi connectivity index (χ4n) is 8.32. The lowest BCUT2D eigenvalue weighted by atomic mass is 9.81. The van der Waals surface area contributed by atoms with Crippen molar-refractivity contribution in [3.8, 4) is 62.4 Å². The van der Waals surface area contributed by atoms with Crippen LogP contribution in [0.1, 0.15) is 25.0 Å². The van der Waals surface area contributed by atoms with Crippen LogP contribution in [-0.4, -0.2) is 24.5 Å². The summed E-state index contributed by atoms with van der Waals surface area (Å²) < 4.78 is 8.46. The largest absolute Gasteiger partial charge is 0.436 e. The van der Waals surface area contributed by atoms with Gasteiger partial charge in [0.2, 0.25) is 11.8 Å². The fourth-order valence-corrected chi connectivity index (χ4v) is 8.32. The van der Waals surface area contributed by atoms with Crippen molar-refractivity contribution in [2.45, 2.75) is 19.3 Å². The van der Waals surface area contributed by atoms with Crippen LogP contribution in [0.4, 0.5) is 0 Å². The summed E-state index contributed by atoms with van der Waals surface area (Å²) in [5.41, 5.74) is 13.5. The number of rotatable bonds is 5. The normalized spacial score (nSPS) is 13.1. The molecular formula is C49H33N5O. The maximum atomic E-state index is 6.30. The molecular weight excluding hydrogens is 675 g/mol. The van der Waals surface area contributed by atoms with Gasteiger partial charge < -0.3 is 4.42 Å². The van der Waals surface area contributed by atoms with E-state index in [1.165, 1.54) is 22.3 Å². The molecule has 0 unspecified atom stereocenters. The monoisotopic (exact) mass is 707 g/mol. The van der Waals surface area contributed by atoms with Crippen molar-refractivity contribution >= 4 is 32.9 Å². The van der Waals surface area contributed by atoms with E-state index in [1.807, 2.05) is 60.7 Å². The zero-order chi connectivity index (χ0) is 36.7. The predicted octanol–water partition coefficient (Wildman–Crippen LogP) is 12.1. The Morgan fingerprint density at radius 3 is 1.76 bits per heavy atom. The standard InChI is InChI=1S/C49H33N5O/c1-49(2)39-27-33(24-25-35(39)38-28-41-44(29-40(38)49)55-47(50-41)31-16-7-4-8-17-31)32-18-13-19-34(26-32)46-51-45(30-14-5-3-6-15-30)52-48(53-46)54-42-22-11-9-20-36(42)37-21-10-12-23-43(37)54/h3-29H,1-2H3. The van der Waals surface area contributed by atoms with Crippen molar-refractivity contribution < 1.29 is 4.42 Å². The van der Waals surface area contributed by atoms with Crippen LogP contribution in [0.3, 0.4) is 0 Å². The molecule has 11 rings (SSSR count). The van der Waals surface area contributed by atoms with Gasteiger partial charge in [0.05, 0.1) is 11.0 Å². The molecule has 3 heterocycles. The number of para-hydroxylation sites is 2. The summed E-state index contributed by atoms with van der Waals surface area (Å²) in [6, 6.07) is 56.8. The Bertz CT molecular complexity index is 3070. The number of aromatic nitrogens is 5. The van der Waals surface area contributed by atoms with Gasteiger partial charge in [0.25, 0.3) is 0 Å². The Balaban J connectivity index is 1.02. The van der Waals surface area contributed by atoms with Crippen LogP contribution in [0.25, 0.3) is 95.3 Å². The maximum absolute atomic E-state index is 6.30. The molecule has 0 bridgehead atoms. The van der Waals surface area contributed by atoms with E-state index in [0.717, 1.165) is 60.7 Å². The molecule has 0 fully saturated rings. The molecule has 260 valence electrons. The third kappa shape index (κ3) is 4.95. The second-order valence-electron chi connectivity index (χ2n) is 14.7. The molecule has 1 aliphatic rings. The third-order valence-electron chi connectivity index (χ3n) is 11.1. The van der Waals surface area contributed by atoms with Gasteiger partial charge in [0, 0.05) is 32.9 Å². The van der Waals surface area contributed by atoms with Crippen LogP contribution in [0.5, 0.6) is 0 Å². The van der Waals surface area contributed by atoms with Gasteiger partial charge in [0.15, 0.2) is 17.2 Å². The molecule has 0 N–H and O–H groups in total. The van der Waals surface area contributed by atoms with Gasteiger partial charge in [-0.1, -0.05) is 129 Å². The van der Waals surface area contributed by atoms with E-state index in [0.29, 0.717) is 23.5 Å². The van der Waals surface area contributed by atoms with Crippen LogP contribution >= 0.6 is 0 Å². The van der Waals surface area contributed by atoms with E-state index in [9.17, 15) is 0 Å². The number of hydrogen-bond acceptors (Lipinski definition) is 5. The summed E-state index contributed by atoms with van der Waals surface area (Å²) in [5.74, 6) is 2.47. The van der Waals surface area contributed by atoms with Gasteiger partial charge >= 0.3 is 0 Å². The van der Waals surface area contributed by atoms with Crippen molar-refractivity contribution in [3.63, 3.8) is 0 Å². The second-order valence-corrected chi connectivity index (χ2v) is 14.7. The van der Waals surface area contributed by atoms with E-state index >= 15 is 0 Å². The highest BCUT2D eigenvalue weighted by atomic mass is 16.3. The Labute approximate surface area is 317 Å². The van der Waals surface area contributed by atoms with Gasteiger partial charge in [-0.05, 0) is 81.9 Å². The van der Waals surface area contributed by atoms with Crippen LogP contribution < -0.4 is 0 Å². The van der Waals surface area contributed by atoms with Gasteiger partial charge in [-0.25, -0.2) is 9.97 Å². The lowest BCUT2D eigenvalue weighted by Gasteiger charge is -2.22. The van der Waals surface area contributed by atoms with Gasteiger partial charge in [-0.3, -0.25) is 4.57 Å². The highest BCUT2D eigenvalue weighted by Crippen LogP contribution is 2.51. The van der Waals surface area contributed by atoms with E-state index in [4.69, 9.17) is 24.4 Å². The second kappa shape index (κ2) is 11.9. The first kappa shape index (κ1) is 31.4. The predicted molar refractivity (Wildman–Crippen MR) is 221 cm³/mol. The Kier molecular flexibility index (Phi) is 6.79. The number of hydrogen-bond donors (Lipinski definition) is 0. The molecule has 0 aliphatic heterocycles. The molecule has 0 amide bonds. The first-order valence-electron chi connectivity index (χ1n) is 18.6. The van der Waals surface area contributed by atoms with Crippen LogP contribution in [0.2, 0.25) is 0 Å². The Morgan fingerprint density at radius 2 is 1.04 bits per heavy atom. The lowest BCUT2D eigenvalue weighted by molar-refractivity contribution is 0.614. The summed E-state index contributed by atoms with van der Waals surface area (Å²) >= 11 is 0. The molecule has 0 saturated carbocycles. The molecule has 10 aromatic rings. The van der Waals surface area contributed by atoms with Crippen LogP contribution in [-0.2, 0) is 5.41 Å². The summed E-state index contributed by atoms with van der Waals surface area (Å²) in [7, 11) is 0. The molecule has 7 aromatic carbocycles. The number of benzene rings is 7. The molecule has 6 heteroatoms. The average molecular weight is 708 g/mol. The van der Waals surface area contributed by atoms with Crippen LogP contribution in [0, 0.1) is 0 Å². The average Bonchev–Trinajstić information content (AvgIpc) is 3.88. The van der Waals surface area contributed by atoms with E-state index in [-0.39, 0.29) is 5.41 Å². The quantitative estimate of drug-likeness (QED) is 0.178. The molecule has 0 atom stereocenters. The highest BCUT2D eigenvalue weighted by molar-refractivity contribution is 6.09. The first-order chi connectivity index (χ1) is 27.0. The van der Waals surface area contributed by atoms with Crippen molar-refractivity contribution in [2.75, 3.05) is 0 Å². The Hall–Kier alpha value is -7.18. The molecule has 3 aromatic heterocycles. The topological polar surface area (TPSA) is 69.6 Å². The highest BCUT2D eigenvalue weighted by Gasteiger charge is 2.36. The zero-order valence-corrected chi connectivity index (χ0v) is 30.2. The maximum Gasteiger partial charge on any atom is 0.238 e. The van der Waals surface area contributed by atoms with E-state index in [1.54, 1.807) is 0 Å². The number of oxazole rings is 1. The minimum Gasteiger partial charge on any atom is -0.436 e. The zero-order valence-electron chi connectivity index (χ0n) is 30.2. The van der Waals surface area contributed by atoms with E-state index < -0.39 is 0 Å².